The maximum Gasteiger partial charge on any atom is 0.245 e. The summed E-state index contributed by atoms with van der Waals surface area (Å²) in [6.07, 6.45) is 0. The van der Waals surface area contributed by atoms with Gasteiger partial charge in [0.25, 0.3) is 0 Å². The Balaban J connectivity index is 1.80. The summed E-state index contributed by atoms with van der Waals surface area (Å²) in [6.45, 7) is 5.09. The molecule has 1 saturated heterocycles. The van der Waals surface area contributed by atoms with Gasteiger partial charge in [-0.1, -0.05) is 0 Å². The number of aromatic nitrogens is 3. The van der Waals surface area contributed by atoms with E-state index in [0.717, 1.165) is 37.0 Å². The molecule has 2 N–H and O–H groups in total. The average molecular weight is 249 g/mol. The van der Waals surface area contributed by atoms with E-state index in [9.17, 15) is 0 Å². The van der Waals surface area contributed by atoms with Crippen molar-refractivity contribution in [1.29, 1.82) is 0 Å². The van der Waals surface area contributed by atoms with Crippen LogP contribution in [0.4, 0.5) is 5.95 Å². The van der Waals surface area contributed by atoms with Gasteiger partial charge in [0.05, 0.1) is 0 Å². The molecule has 0 aromatic carbocycles. The number of H-pyrrole nitrogens is 1. The Hall–Kier alpha value is -1.40. The van der Waals surface area contributed by atoms with E-state index in [1.807, 2.05) is 5.38 Å². The Kier molecular flexibility index (Phi) is 2.82. The van der Waals surface area contributed by atoms with Crippen LogP contribution < -0.4 is 10.2 Å². The lowest BCUT2D eigenvalue weighted by Crippen LogP contribution is -2.49. The van der Waals surface area contributed by atoms with Crippen LogP contribution in [-0.2, 0) is 0 Å². The summed E-state index contributed by atoms with van der Waals surface area (Å²) in [7, 11) is 0. The predicted molar refractivity (Wildman–Crippen MR) is 69.4 cm³/mol. The molecule has 1 fully saturated rings. The molecule has 1 aliphatic rings. The van der Waals surface area contributed by atoms with Gasteiger partial charge in [0.1, 0.15) is 0 Å². The van der Waals surface area contributed by atoms with E-state index in [4.69, 9.17) is 0 Å². The van der Waals surface area contributed by atoms with Crippen LogP contribution in [0.2, 0.25) is 0 Å². The third-order valence-electron chi connectivity index (χ3n) is 2.92. The number of anilines is 1. The summed E-state index contributed by atoms with van der Waals surface area (Å²) in [4.78, 5) is 6.76. The third-order valence-corrected chi connectivity index (χ3v) is 3.60. The molecule has 3 rings (SSSR count). The first kappa shape index (κ1) is 10.7. The Bertz CT molecular complexity index is 478. The molecule has 2 aromatic heterocycles. The molecule has 5 nitrogen and oxygen atoms in total. The van der Waals surface area contributed by atoms with Crippen LogP contribution in [0.15, 0.2) is 16.8 Å². The molecule has 2 aromatic rings. The largest absolute Gasteiger partial charge is 0.337 e. The molecule has 1 aliphatic heterocycles. The van der Waals surface area contributed by atoms with Gasteiger partial charge in [-0.15, -0.1) is 5.10 Å². The number of piperazine rings is 1. The van der Waals surface area contributed by atoms with Crippen molar-refractivity contribution in [3.63, 3.8) is 0 Å². The van der Waals surface area contributed by atoms with Crippen molar-refractivity contribution in [2.75, 3.05) is 24.5 Å². The van der Waals surface area contributed by atoms with Crippen molar-refractivity contribution in [1.82, 2.24) is 20.5 Å². The lowest BCUT2D eigenvalue weighted by molar-refractivity contribution is 0.480. The van der Waals surface area contributed by atoms with E-state index in [1.165, 1.54) is 0 Å². The van der Waals surface area contributed by atoms with Crippen molar-refractivity contribution >= 4 is 17.3 Å². The topological polar surface area (TPSA) is 56.8 Å². The van der Waals surface area contributed by atoms with Gasteiger partial charge >= 0.3 is 0 Å². The summed E-state index contributed by atoms with van der Waals surface area (Å²) in [6, 6.07) is 2.54. The first-order valence-corrected chi connectivity index (χ1v) is 6.70. The highest BCUT2D eigenvalue weighted by molar-refractivity contribution is 7.08. The molecule has 0 saturated carbocycles. The second kappa shape index (κ2) is 4.46. The third kappa shape index (κ3) is 2.18. The number of hydrogen-bond donors (Lipinski definition) is 2. The van der Waals surface area contributed by atoms with Crippen LogP contribution in [0.3, 0.4) is 0 Å². The standard InChI is InChI=1S/C11H15N5S/c1-8-6-16(4-3-12-8)11-13-10(14-15-11)9-2-5-17-7-9/h2,5,7-8,12H,3-4,6H2,1H3,(H,13,14,15)/t8-/m0/s1. The van der Waals surface area contributed by atoms with Gasteiger partial charge in [-0.25, -0.2) is 0 Å². The van der Waals surface area contributed by atoms with Gasteiger partial charge in [0.15, 0.2) is 5.82 Å². The fourth-order valence-corrected chi connectivity index (χ4v) is 2.68. The highest BCUT2D eigenvalue weighted by atomic mass is 32.1. The SMILES string of the molecule is C[C@H]1CN(c2n[nH]c(-c3ccsc3)n2)CCN1. The van der Waals surface area contributed by atoms with Crippen molar-refractivity contribution in [2.45, 2.75) is 13.0 Å². The minimum atomic E-state index is 0.492. The minimum absolute atomic E-state index is 0.492. The summed E-state index contributed by atoms with van der Waals surface area (Å²) in [5.74, 6) is 1.66. The van der Waals surface area contributed by atoms with E-state index in [1.54, 1.807) is 11.3 Å². The van der Waals surface area contributed by atoms with E-state index in [-0.39, 0.29) is 0 Å². The first-order chi connectivity index (χ1) is 8.33. The molecule has 0 bridgehead atoms. The molecular weight excluding hydrogens is 234 g/mol. The highest BCUT2D eigenvalue weighted by Crippen LogP contribution is 2.20. The molecule has 0 spiro atoms. The zero-order valence-electron chi connectivity index (χ0n) is 9.68. The molecule has 0 unspecified atom stereocenters. The molecule has 0 amide bonds. The Morgan fingerprint density at radius 3 is 3.24 bits per heavy atom. The second-order valence-corrected chi connectivity index (χ2v) is 5.08. The van der Waals surface area contributed by atoms with E-state index < -0.39 is 0 Å². The number of hydrogen-bond acceptors (Lipinski definition) is 5. The fourth-order valence-electron chi connectivity index (χ4n) is 2.04. The molecular formula is C11H15N5S. The first-order valence-electron chi connectivity index (χ1n) is 5.76. The van der Waals surface area contributed by atoms with Crippen molar-refractivity contribution in [3.05, 3.63) is 16.8 Å². The van der Waals surface area contributed by atoms with E-state index in [0.29, 0.717) is 6.04 Å². The highest BCUT2D eigenvalue weighted by Gasteiger charge is 2.19. The van der Waals surface area contributed by atoms with Gasteiger partial charge < -0.3 is 10.2 Å². The van der Waals surface area contributed by atoms with E-state index in [2.05, 4.69) is 43.8 Å². The maximum absolute atomic E-state index is 4.55. The summed E-state index contributed by atoms with van der Waals surface area (Å²) in [5.41, 5.74) is 1.11. The van der Waals surface area contributed by atoms with Gasteiger partial charge in [0.2, 0.25) is 5.95 Å². The molecule has 17 heavy (non-hydrogen) atoms. The van der Waals surface area contributed by atoms with Crippen LogP contribution in [0.5, 0.6) is 0 Å². The molecule has 1 atom stereocenters. The van der Waals surface area contributed by atoms with Crippen LogP contribution in [0.25, 0.3) is 11.4 Å². The van der Waals surface area contributed by atoms with Crippen molar-refractivity contribution < 1.29 is 0 Å². The lowest BCUT2D eigenvalue weighted by atomic mass is 10.2. The number of nitrogens with one attached hydrogen (secondary N) is 2. The van der Waals surface area contributed by atoms with Crippen LogP contribution in [0.1, 0.15) is 6.92 Å². The maximum atomic E-state index is 4.55. The molecule has 90 valence electrons. The van der Waals surface area contributed by atoms with Crippen LogP contribution in [0, 0.1) is 0 Å². The normalized spacial score (nSPS) is 20.8. The zero-order valence-corrected chi connectivity index (χ0v) is 10.5. The average Bonchev–Trinajstić information content (AvgIpc) is 3.00. The molecule has 6 heteroatoms. The fraction of sp³-hybridized carbons (Fsp3) is 0.455. The summed E-state index contributed by atoms with van der Waals surface area (Å²) >= 11 is 1.67. The van der Waals surface area contributed by atoms with Gasteiger partial charge in [-0.2, -0.15) is 16.3 Å². The number of nitrogens with zero attached hydrogens (tertiary/aromatic N) is 3. The summed E-state index contributed by atoms with van der Waals surface area (Å²) in [5, 5.41) is 14.8. The molecule has 3 heterocycles. The molecule has 0 aliphatic carbocycles. The van der Waals surface area contributed by atoms with Gasteiger partial charge in [0, 0.05) is 36.6 Å². The van der Waals surface area contributed by atoms with Crippen molar-refractivity contribution in [3.8, 4) is 11.4 Å². The quantitative estimate of drug-likeness (QED) is 0.843. The Morgan fingerprint density at radius 2 is 2.47 bits per heavy atom. The Morgan fingerprint density at radius 1 is 1.53 bits per heavy atom. The minimum Gasteiger partial charge on any atom is -0.337 e. The van der Waals surface area contributed by atoms with Crippen LogP contribution in [-0.4, -0.2) is 40.9 Å². The zero-order chi connectivity index (χ0) is 11.7. The van der Waals surface area contributed by atoms with Gasteiger partial charge in [-0.05, 0) is 18.4 Å². The monoisotopic (exact) mass is 249 g/mol. The number of thiophene rings is 1. The number of aromatic amines is 1. The van der Waals surface area contributed by atoms with Crippen molar-refractivity contribution in [2.24, 2.45) is 0 Å². The summed E-state index contributed by atoms with van der Waals surface area (Å²) < 4.78 is 0. The number of rotatable bonds is 2. The van der Waals surface area contributed by atoms with Gasteiger partial charge in [-0.3, -0.25) is 5.10 Å². The van der Waals surface area contributed by atoms with E-state index >= 15 is 0 Å². The smallest absolute Gasteiger partial charge is 0.245 e. The lowest BCUT2D eigenvalue weighted by Gasteiger charge is -2.30. The predicted octanol–water partition coefficient (Wildman–Crippen LogP) is 1.33. The Labute approximate surface area is 104 Å². The van der Waals surface area contributed by atoms with Crippen LogP contribution >= 0.6 is 11.3 Å². The molecule has 0 radical (unpaired) electrons. The second-order valence-electron chi connectivity index (χ2n) is 4.30.